The monoisotopic (exact) mass is 256 g/mol. The SMILES string of the molecule is CC(CCc1ccco1)NS(=O)(=O)C(C)C#N. The average molecular weight is 256 g/mol. The summed E-state index contributed by atoms with van der Waals surface area (Å²) in [6, 6.07) is 5.13. The lowest BCUT2D eigenvalue weighted by molar-refractivity contribution is 0.479. The maximum Gasteiger partial charge on any atom is 0.227 e. The second kappa shape index (κ2) is 5.84. The molecule has 0 fully saturated rings. The zero-order valence-corrected chi connectivity index (χ0v) is 10.7. The van der Waals surface area contributed by atoms with E-state index in [9.17, 15) is 8.42 Å². The Morgan fingerprint density at radius 1 is 1.53 bits per heavy atom. The first-order chi connectivity index (χ1) is 7.95. The second-order valence-electron chi connectivity index (χ2n) is 3.95. The molecule has 0 bridgehead atoms. The number of hydrogen-bond acceptors (Lipinski definition) is 4. The van der Waals surface area contributed by atoms with Crippen LogP contribution in [0.15, 0.2) is 22.8 Å². The Hall–Kier alpha value is -1.32. The number of nitrogens with zero attached hydrogens (tertiary/aromatic N) is 1. The minimum atomic E-state index is -3.54. The highest BCUT2D eigenvalue weighted by Crippen LogP contribution is 2.07. The second-order valence-corrected chi connectivity index (χ2v) is 5.99. The van der Waals surface area contributed by atoms with Gasteiger partial charge in [-0.3, -0.25) is 0 Å². The smallest absolute Gasteiger partial charge is 0.227 e. The largest absolute Gasteiger partial charge is 0.469 e. The number of furan rings is 1. The van der Waals surface area contributed by atoms with Gasteiger partial charge in [-0.05, 0) is 32.4 Å². The number of aryl methyl sites for hydroxylation is 1. The van der Waals surface area contributed by atoms with Crippen molar-refractivity contribution in [2.45, 2.75) is 38.0 Å². The van der Waals surface area contributed by atoms with E-state index in [2.05, 4.69) is 4.72 Å². The van der Waals surface area contributed by atoms with Gasteiger partial charge in [0.05, 0.1) is 12.3 Å². The first kappa shape index (κ1) is 13.7. The van der Waals surface area contributed by atoms with Gasteiger partial charge < -0.3 is 4.42 Å². The highest BCUT2D eigenvalue weighted by Gasteiger charge is 2.22. The third kappa shape index (κ3) is 4.21. The molecule has 1 N–H and O–H groups in total. The number of sulfonamides is 1. The number of hydrogen-bond donors (Lipinski definition) is 1. The lowest BCUT2D eigenvalue weighted by Gasteiger charge is -2.14. The van der Waals surface area contributed by atoms with Gasteiger partial charge in [-0.25, -0.2) is 13.1 Å². The van der Waals surface area contributed by atoms with E-state index in [1.165, 1.54) is 6.92 Å². The van der Waals surface area contributed by atoms with Crippen molar-refractivity contribution in [3.8, 4) is 6.07 Å². The van der Waals surface area contributed by atoms with Crippen LogP contribution in [-0.2, 0) is 16.4 Å². The molecule has 0 radical (unpaired) electrons. The molecule has 94 valence electrons. The molecule has 0 amide bonds. The fourth-order valence-electron chi connectivity index (χ4n) is 1.32. The Morgan fingerprint density at radius 2 is 2.24 bits per heavy atom. The zero-order chi connectivity index (χ0) is 12.9. The standard InChI is InChI=1S/C11H16N2O3S/c1-9(5-6-11-4-3-7-16-11)13-17(14,15)10(2)8-12/h3-4,7,9-10,13H,5-6H2,1-2H3. The van der Waals surface area contributed by atoms with Gasteiger partial charge in [-0.15, -0.1) is 0 Å². The fraction of sp³-hybridized carbons (Fsp3) is 0.545. The summed E-state index contributed by atoms with van der Waals surface area (Å²) in [4.78, 5) is 0. The van der Waals surface area contributed by atoms with Crippen LogP contribution in [0.25, 0.3) is 0 Å². The first-order valence-electron chi connectivity index (χ1n) is 5.39. The zero-order valence-electron chi connectivity index (χ0n) is 9.88. The summed E-state index contributed by atoms with van der Waals surface area (Å²) >= 11 is 0. The van der Waals surface area contributed by atoms with Crippen molar-refractivity contribution in [2.75, 3.05) is 0 Å². The van der Waals surface area contributed by atoms with Crippen molar-refractivity contribution in [2.24, 2.45) is 0 Å². The van der Waals surface area contributed by atoms with E-state index in [1.807, 2.05) is 6.07 Å². The molecular formula is C11H16N2O3S. The van der Waals surface area contributed by atoms with E-state index in [0.29, 0.717) is 12.8 Å². The van der Waals surface area contributed by atoms with Gasteiger partial charge in [0.25, 0.3) is 0 Å². The molecule has 0 saturated carbocycles. The molecule has 1 aromatic rings. The molecule has 1 aromatic heterocycles. The number of nitrogens with one attached hydrogen (secondary N) is 1. The van der Waals surface area contributed by atoms with Crippen molar-refractivity contribution in [1.82, 2.24) is 4.72 Å². The van der Waals surface area contributed by atoms with Gasteiger partial charge in [-0.2, -0.15) is 5.26 Å². The van der Waals surface area contributed by atoms with Crippen LogP contribution in [0.5, 0.6) is 0 Å². The van der Waals surface area contributed by atoms with E-state index in [1.54, 1.807) is 25.3 Å². The van der Waals surface area contributed by atoms with Gasteiger partial charge in [0.15, 0.2) is 5.25 Å². The highest BCUT2D eigenvalue weighted by atomic mass is 32.2. The molecule has 0 saturated heterocycles. The van der Waals surface area contributed by atoms with Gasteiger partial charge in [0.1, 0.15) is 5.76 Å². The van der Waals surface area contributed by atoms with E-state index in [-0.39, 0.29) is 6.04 Å². The van der Waals surface area contributed by atoms with E-state index in [4.69, 9.17) is 9.68 Å². The molecule has 2 unspecified atom stereocenters. The summed E-state index contributed by atoms with van der Waals surface area (Å²) in [6.07, 6.45) is 2.88. The average Bonchev–Trinajstić information content (AvgIpc) is 2.77. The van der Waals surface area contributed by atoms with Crippen molar-refractivity contribution in [3.63, 3.8) is 0 Å². The van der Waals surface area contributed by atoms with Gasteiger partial charge >= 0.3 is 0 Å². The van der Waals surface area contributed by atoms with Crippen LogP contribution < -0.4 is 4.72 Å². The molecule has 1 heterocycles. The summed E-state index contributed by atoms with van der Waals surface area (Å²) in [6.45, 7) is 3.13. The van der Waals surface area contributed by atoms with Gasteiger partial charge in [-0.1, -0.05) is 0 Å². The van der Waals surface area contributed by atoms with Crippen LogP contribution in [-0.4, -0.2) is 19.7 Å². The van der Waals surface area contributed by atoms with Crippen molar-refractivity contribution < 1.29 is 12.8 Å². The Balaban J connectivity index is 2.45. The Bertz CT molecular complexity index is 473. The van der Waals surface area contributed by atoms with Crippen LogP contribution in [0.4, 0.5) is 0 Å². The maximum absolute atomic E-state index is 11.6. The molecule has 0 aliphatic heterocycles. The quantitative estimate of drug-likeness (QED) is 0.834. The Kier molecular flexibility index (Phi) is 4.73. The number of rotatable bonds is 6. The van der Waals surface area contributed by atoms with Crippen LogP contribution >= 0.6 is 0 Å². The molecule has 1 rings (SSSR count). The normalized spacial score (nSPS) is 15.1. The van der Waals surface area contributed by atoms with E-state index in [0.717, 1.165) is 5.76 Å². The molecule has 0 aliphatic rings. The first-order valence-corrected chi connectivity index (χ1v) is 6.93. The van der Waals surface area contributed by atoms with Crippen molar-refractivity contribution >= 4 is 10.0 Å². The summed E-state index contributed by atoms with van der Waals surface area (Å²) in [5, 5.41) is 7.55. The van der Waals surface area contributed by atoms with E-state index >= 15 is 0 Å². The van der Waals surface area contributed by atoms with Crippen LogP contribution in [0, 0.1) is 11.3 Å². The van der Waals surface area contributed by atoms with Crippen molar-refractivity contribution in [3.05, 3.63) is 24.2 Å². The lowest BCUT2D eigenvalue weighted by Crippen LogP contribution is -2.38. The molecule has 0 aliphatic carbocycles. The summed E-state index contributed by atoms with van der Waals surface area (Å²) in [5.74, 6) is 0.823. The van der Waals surface area contributed by atoms with Gasteiger partial charge in [0.2, 0.25) is 10.0 Å². The summed E-state index contributed by atoms with van der Waals surface area (Å²) in [7, 11) is -3.54. The molecule has 0 aromatic carbocycles. The minimum absolute atomic E-state index is 0.221. The maximum atomic E-state index is 11.6. The third-order valence-corrected chi connectivity index (χ3v) is 4.18. The molecule has 5 nitrogen and oxygen atoms in total. The Labute approximate surface area is 101 Å². The summed E-state index contributed by atoms with van der Waals surface area (Å²) < 4.78 is 30.8. The predicted molar refractivity (Wildman–Crippen MR) is 63.6 cm³/mol. The molecule has 17 heavy (non-hydrogen) atoms. The van der Waals surface area contributed by atoms with Crippen LogP contribution in [0.1, 0.15) is 26.0 Å². The van der Waals surface area contributed by atoms with E-state index < -0.39 is 15.3 Å². The van der Waals surface area contributed by atoms with Crippen molar-refractivity contribution in [1.29, 1.82) is 5.26 Å². The summed E-state index contributed by atoms with van der Waals surface area (Å²) in [5.41, 5.74) is 0. The van der Waals surface area contributed by atoms with Crippen LogP contribution in [0.2, 0.25) is 0 Å². The molecule has 6 heteroatoms. The Morgan fingerprint density at radius 3 is 2.76 bits per heavy atom. The third-order valence-electron chi connectivity index (χ3n) is 2.42. The minimum Gasteiger partial charge on any atom is -0.469 e. The predicted octanol–water partition coefficient (Wildman–Crippen LogP) is 1.43. The highest BCUT2D eigenvalue weighted by molar-refractivity contribution is 7.90. The number of nitriles is 1. The lowest BCUT2D eigenvalue weighted by atomic mass is 10.2. The molecule has 0 spiro atoms. The fourth-order valence-corrected chi connectivity index (χ4v) is 2.35. The van der Waals surface area contributed by atoms with Gasteiger partial charge in [0, 0.05) is 12.5 Å². The molecular weight excluding hydrogens is 240 g/mol. The molecule has 2 atom stereocenters. The topological polar surface area (TPSA) is 83.1 Å². The van der Waals surface area contributed by atoms with Crippen LogP contribution in [0.3, 0.4) is 0 Å².